The number of fused-ring (bicyclic) bond motifs is 1. The van der Waals surface area contributed by atoms with E-state index in [0.717, 1.165) is 5.56 Å². The highest BCUT2D eigenvalue weighted by molar-refractivity contribution is 5.86. The van der Waals surface area contributed by atoms with Crippen LogP contribution in [0.3, 0.4) is 0 Å². The smallest absolute Gasteiger partial charge is 0.216 e. The van der Waals surface area contributed by atoms with Crippen molar-refractivity contribution in [2.75, 3.05) is 12.3 Å². The molecular weight excluding hydrogens is 221 g/mol. The summed E-state index contributed by atoms with van der Waals surface area (Å²) in [6, 6.07) is 3.00. The van der Waals surface area contributed by atoms with Crippen molar-refractivity contribution in [1.29, 1.82) is 0 Å². The van der Waals surface area contributed by atoms with E-state index >= 15 is 0 Å². The van der Waals surface area contributed by atoms with Crippen LogP contribution in [0.25, 0.3) is 10.9 Å². The van der Waals surface area contributed by atoms with E-state index in [2.05, 4.69) is 10.3 Å². The summed E-state index contributed by atoms with van der Waals surface area (Å²) in [5.74, 6) is -0.423. The molecule has 90 valence electrons. The highest BCUT2D eigenvalue weighted by Crippen LogP contribution is 2.24. The predicted molar refractivity (Wildman–Crippen MR) is 65.1 cm³/mol. The monoisotopic (exact) mass is 235 g/mol. The molecule has 0 spiro atoms. The summed E-state index contributed by atoms with van der Waals surface area (Å²) in [5, 5.41) is 3.23. The fourth-order valence-electron chi connectivity index (χ4n) is 1.88. The lowest BCUT2D eigenvalue weighted by atomic mass is 10.1. The number of carbonyl (C=O) groups is 1. The van der Waals surface area contributed by atoms with Crippen LogP contribution in [0.5, 0.6) is 0 Å². The second-order valence-corrected chi connectivity index (χ2v) is 3.97. The highest BCUT2D eigenvalue weighted by atomic mass is 19.1. The molecule has 1 amide bonds. The average Bonchev–Trinajstić information content (AvgIpc) is 2.60. The Labute approximate surface area is 98.0 Å². The van der Waals surface area contributed by atoms with Gasteiger partial charge in [0.05, 0.1) is 5.52 Å². The van der Waals surface area contributed by atoms with Gasteiger partial charge in [0.15, 0.2) is 0 Å². The molecule has 0 atom stereocenters. The number of aromatic amines is 1. The van der Waals surface area contributed by atoms with Crippen LogP contribution < -0.4 is 11.1 Å². The molecule has 0 saturated carbocycles. The Morgan fingerprint density at radius 1 is 1.53 bits per heavy atom. The molecule has 0 aliphatic carbocycles. The van der Waals surface area contributed by atoms with E-state index < -0.39 is 0 Å². The van der Waals surface area contributed by atoms with E-state index in [4.69, 9.17) is 5.73 Å². The molecular formula is C12H14FN3O. The third-order valence-electron chi connectivity index (χ3n) is 2.60. The summed E-state index contributed by atoms with van der Waals surface area (Å²) in [6.45, 7) is 1.95. The lowest BCUT2D eigenvalue weighted by molar-refractivity contribution is -0.118. The summed E-state index contributed by atoms with van der Waals surface area (Å²) in [4.78, 5) is 13.7. The molecule has 1 aromatic carbocycles. The van der Waals surface area contributed by atoms with Crippen molar-refractivity contribution in [3.05, 3.63) is 29.7 Å². The van der Waals surface area contributed by atoms with Crippen LogP contribution in [0.2, 0.25) is 0 Å². The van der Waals surface area contributed by atoms with Gasteiger partial charge in [0.2, 0.25) is 5.91 Å². The fraction of sp³-hybridized carbons (Fsp3) is 0.250. The van der Waals surface area contributed by atoms with Crippen molar-refractivity contribution in [2.24, 2.45) is 0 Å². The first-order valence-electron chi connectivity index (χ1n) is 5.37. The number of benzene rings is 1. The standard InChI is InChI=1S/C12H14FN3O/c1-7(17)15-3-2-8-6-16-11-5-9(14)4-10(13)12(8)11/h4-6,16H,2-3,14H2,1H3,(H,15,17). The Balaban J connectivity index is 2.26. The molecule has 0 saturated heterocycles. The van der Waals surface area contributed by atoms with Crippen molar-refractivity contribution in [2.45, 2.75) is 13.3 Å². The summed E-state index contributed by atoms with van der Waals surface area (Å²) < 4.78 is 13.7. The summed E-state index contributed by atoms with van der Waals surface area (Å²) >= 11 is 0. The fourth-order valence-corrected chi connectivity index (χ4v) is 1.88. The maximum absolute atomic E-state index is 13.7. The number of nitrogens with one attached hydrogen (secondary N) is 2. The molecule has 1 aromatic heterocycles. The Morgan fingerprint density at radius 3 is 3.00 bits per heavy atom. The number of nitrogen functional groups attached to an aromatic ring is 1. The Morgan fingerprint density at radius 2 is 2.29 bits per heavy atom. The minimum Gasteiger partial charge on any atom is -0.399 e. The van der Waals surface area contributed by atoms with Crippen molar-refractivity contribution in [3.63, 3.8) is 0 Å². The Kier molecular flexibility index (Phi) is 2.99. The molecule has 2 rings (SSSR count). The molecule has 4 nitrogen and oxygen atoms in total. The van der Waals surface area contributed by atoms with E-state index in [1.165, 1.54) is 13.0 Å². The molecule has 0 aliphatic heterocycles. The minimum absolute atomic E-state index is 0.0884. The molecule has 4 N–H and O–H groups in total. The third kappa shape index (κ3) is 2.38. The van der Waals surface area contributed by atoms with E-state index in [-0.39, 0.29) is 11.7 Å². The van der Waals surface area contributed by atoms with Crippen LogP contribution in [0.4, 0.5) is 10.1 Å². The maximum atomic E-state index is 13.7. The Hall–Kier alpha value is -2.04. The Bertz CT molecular complexity index is 562. The number of H-pyrrole nitrogens is 1. The van der Waals surface area contributed by atoms with Gasteiger partial charge < -0.3 is 16.0 Å². The number of carbonyl (C=O) groups excluding carboxylic acids is 1. The molecule has 0 aliphatic rings. The van der Waals surface area contributed by atoms with Crippen molar-refractivity contribution >= 4 is 22.5 Å². The molecule has 17 heavy (non-hydrogen) atoms. The number of aromatic nitrogens is 1. The molecule has 2 aromatic rings. The van der Waals surface area contributed by atoms with Gasteiger partial charge >= 0.3 is 0 Å². The normalized spacial score (nSPS) is 10.7. The van der Waals surface area contributed by atoms with E-state index in [1.807, 2.05) is 0 Å². The van der Waals surface area contributed by atoms with Gasteiger partial charge in [-0.05, 0) is 24.1 Å². The molecule has 0 unspecified atom stereocenters. The molecule has 0 bridgehead atoms. The highest BCUT2D eigenvalue weighted by Gasteiger charge is 2.09. The summed E-state index contributed by atoms with van der Waals surface area (Å²) in [6.07, 6.45) is 2.33. The van der Waals surface area contributed by atoms with Crippen LogP contribution in [0.1, 0.15) is 12.5 Å². The number of anilines is 1. The van der Waals surface area contributed by atoms with Crippen LogP contribution in [0.15, 0.2) is 18.3 Å². The second kappa shape index (κ2) is 4.45. The van der Waals surface area contributed by atoms with Crippen molar-refractivity contribution in [3.8, 4) is 0 Å². The molecule has 5 heteroatoms. The lowest BCUT2D eigenvalue weighted by Crippen LogP contribution is -2.22. The lowest BCUT2D eigenvalue weighted by Gasteiger charge is -2.02. The first kappa shape index (κ1) is 11.4. The predicted octanol–water partition coefficient (Wildman–Crippen LogP) is 1.57. The second-order valence-electron chi connectivity index (χ2n) is 3.97. The SMILES string of the molecule is CC(=O)NCCc1c[nH]c2cc(N)cc(F)c12. The summed E-state index contributed by atoms with van der Waals surface area (Å²) in [5.41, 5.74) is 7.47. The zero-order valence-electron chi connectivity index (χ0n) is 9.51. The van der Waals surface area contributed by atoms with E-state index in [0.29, 0.717) is 29.6 Å². The minimum atomic E-state index is -0.334. The van der Waals surface area contributed by atoms with E-state index in [1.54, 1.807) is 12.3 Å². The first-order valence-corrected chi connectivity index (χ1v) is 5.37. The van der Waals surface area contributed by atoms with Gasteiger partial charge in [0, 0.05) is 30.7 Å². The van der Waals surface area contributed by atoms with Gasteiger partial charge in [-0.2, -0.15) is 0 Å². The van der Waals surface area contributed by atoms with Gasteiger partial charge in [-0.1, -0.05) is 0 Å². The number of nitrogens with two attached hydrogens (primary N) is 1. The van der Waals surface area contributed by atoms with Gasteiger partial charge in [-0.3, -0.25) is 4.79 Å². The topological polar surface area (TPSA) is 70.9 Å². The van der Waals surface area contributed by atoms with Crippen LogP contribution >= 0.6 is 0 Å². The first-order chi connectivity index (χ1) is 8.08. The van der Waals surface area contributed by atoms with Gasteiger partial charge in [-0.15, -0.1) is 0 Å². The molecule has 0 fully saturated rings. The zero-order valence-corrected chi connectivity index (χ0v) is 9.51. The zero-order chi connectivity index (χ0) is 12.4. The van der Waals surface area contributed by atoms with Crippen LogP contribution in [-0.2, 0) is 11.2 Å². The third-order valence-corrected chi connectivity index (χ3v) is 2.60. The quantitative estimate of drug-likeness (QED) is 0.707. The van der Waals surface area contributed by atoms with Crippen molar-refractivity contribution in [1.82, 2.24) is 10.3 Å². The maximum Gasteiger partial charge on any atom is 0.216 e. The molecule has 0 radical (unpaired) electrons. The van der Waals surface area contributed by atoms with Crippen molar-refractivity contribution < 1.29 is 9.18 Å². The van der Waals surface area contributed by atoms with Gasteiger partial charge in [0.1, 0.15) is 5.82 Å². The number of amides is 1. The van der Waals surface area contributed by atoms with Crippen LogP contribution in [-0.4, -0.2) is 17.4 Å². The number of hydrogen-bond acceptors (Lipinski definition) is 2. The van der Waals surface area contributed by atoms with Gasteiger partial charge in [0.25, 0.3) is 0 Å². The summed E-state index contributed by atoms with van der Waals surface area (Å²) in [7, 11) is 0. The van der Waals surface area contributed by atoms with E-state index in [9.17, 15) is 9.18 Å². The number of halogens is 1. The van der Waals surface area contributed by atoms with Crippen LogP contribution in [0, 0.1) is 5.82 Å². The molecule has 1 heterocycles. The number of hydrogen-bond donors (Lipinski definition) is 3. The number of rotatable bonds is 3. The average molecular weight is 235 g/mol. The van der Waals surface area contributed by atoms with Gasteiger partial charge in [-0.25, -0.2) is 4.39 Å². The largest absolute Gasteiger partial charge is 0.399 e.